The molecule has 3 nitrogen and oxygen atoms in total. The molecule has 10 heavy (non-hydrogen) atoms. The molecule has 1 atom stereocenters. The molecule has 0 amide bonds. The van der Waals surface area contributed by atoms with E-state index in [-0.39, 0.29) is 23.9 Å². The van der Waals surface area contributed by atoms with Crippen molar-refractivity contribution < 1.29 is 15.0 Å². The van der Waals surface area contributed by atoms with Gasteiger partial charge in [-0.25, -0.2) is 0 Å². The molecule has 1 aliphatic rings. The van der Waals surface area contributed by atoms with Crippen LogP contribution in [0.1, 0.15) is 19.8 Å². The largest absolute Gasteiger partial charge is 0.508 e. The zero-order valence-corrected chi connectivity index (χ0v) is 5.79. The average Bonchev–Trinajstić information content (AvgIpc) is 2.17. The van der Waals surface area contributed by atoms with Gasteiger partial charge in [-0.3, -0.25) is 4.79 Å². The average molecular weight is 142 g/mol. The number of hydrogen-bond acceptors (Lipinski definition) is 3. The Morgan fingerprint density at radius 3 is 2.40 bits per heavy atom. The van der Waals surface area contributed by atoms with E-state index in [0.717, 1.165) is 0 Å². The molecule has 0 bridgehead atoms. The fraction of sp³-hybridized carbons (Fsp3) is 0.571. The number of carbonyl (C=O) groups excluding carboxylic acids is 1. The monoisotopic (exact) mass is 142 g/mol. The predicted octanol–water partition coefficient (Wildman–Crippen LogP) is 1.31. The Hall–Kier alpha value is -0.990. The SMILES string of the molecule is CCC1CC(=O)C(O)=C1O. The van der Waals surface area contributed by atoms with Gasteiger partial charge in [0.25, 0.3) is 0 Å². The number of ketones is 1. The van der Waals surface area contributed by atoms with Crippen LogP contribution in [-0.2, 0) is 4.79 Å². The van der Waals surface area contributed by atoms with Crippen molar-refractivity contribution in [3.8, 4) is 0 Å². The number of hydrogen-bond donors (Lipinski definition) is 2. The quantitative estimate of drug-likeness (QED) is 0.580. The zero-order chi connectivity index (χ0) is 7.72. The third-order valence-electron chi connectivity index (χ3n) is 1.82. The summed E-state index contributed by atoms with van der Waals surface area (Å²) >= 11 is 0. The number of allylic oxidation sites excluding steroid dienone is 2. The second-order valence-corrected chi connectivity index (χ2v) is 2.47. The Bertz CT molecular complexity index is 193. The Morgan fingerprint density at radius 1 is 1.60 bits per heavy atom. The molecule has 0 saturated carbocycles. The van der Waals surface area contributed by atoms with Gasteiger partial charge in [-0.15, -0.1) is 0 Å². The topological polar surface area (TPSA) is 57.5 Å². The Labute approximate surface area is 59.0 Å². The van der Waals surface area contributed by atoms with E-state index < -0.39 is 5.76 Å². The van der Waals surface area contributed by atoms with E-state index in [2.05, 4.69) is 0 Å². The molecule has 0 heterocycles. The molecule has 0 radical (unpaired) electrons. The minimum atomic E-state index is -0.438. The lowest BCUT2D eigenvalue weighted by Crippen LogP contribution is -1.97. The van der Waals surface area contributed by atoms with Gasteiger partial charge < -0.3 is 10.2 Å². The van der Waals surface area contributed by atoms with Crippen molar-refractivity contribution in [2.75, 3.05) is 0 Å². The van der Waals surface area contributed by atoms with Crippen molar-refractivity contribution in [3.05, 3.63) is 11.5 Å². The highest BCUT2D eigenvalue weighted by Gasteiger charge is 2.30. The van der Waals surface area contributed by atoms with Crippen LogP contribution in [0.2, 0.25) is 0 Å². The van der Waals surface area contributed by atoms with Gasteiger partial charge in [0.05, 0.1) is 0 Å². The van der Waals surface area contributed by atoms with Crippen LogP contribution >= 0.6 is 0 Å². The van der Waals surface area contributed by atoms with Crippen molar-refractivity contribution in [2.24, 2.45) is 5.92 Å². The van der Waals surface area contributed by atoms with Crippen molar-refractivity contribution >= 4 is 5.78 Å². The van der Waals surface area contributed by atoms with Gasteiger partial charge in [-0.05, 0) is 6.42 Å². The molecule has 56 valence electrons. The molecular weight excluding hydrogens is 132 g/mol. The van der Waals surface area contributed by atoms with E-state index in [1.54, 1.807) is 0 Å². The number of carbonyl (C=O) groups is 1. The lowest BCUT2D eigenvalue weighted by molar-refractivity contribution is -0.117. The van der Waals surface area contributed by atoms with Gasteiger partial charge in [0.15, 0.2) is 5.76 Å². The second-order valence-electron chi connectivity index (χ2n) is 2.47. The van der Waals surface area contributed by atoms with E-state index in [1.807, 2.05) is 6.92 Å². The van der Waals surface area contributed by atoms with Crippen LogP contribution in [0.25, 0.3) is 0 Å². The van der Waals surface area contributed by atoms with Gasteiger partial charge in [0.2, 0.25) is 5.78 Å². The van der Waals surface area contributed by atoms with Crippen LogP contribution in [0.3, 0.4) is 0 Å². The van der Waals surface area contributed by atoms with Crippen LogP contribution in [0.5, 0.6) is 0 Å². The van der Waals surface area contributed by atoms with Gasteiger partial charge in [0.1, 0.15) is 5.76 Å². The Kier molecular flexibility index (Phi) is 1.66. The highest BCUT2D eigenvalue weighted by Crippen LogP contribution is 2.27. The molecule has 0 aliphatic heterocycles. The number of Topliss-reactive ketones (excluding diaryl/α,β-unsaturated/α-hetero) is 1. The van der Waals surface area contributed by atoms with Gasteiger partial charge >= 0.3 is 0 Å². The van der Waals surface area contributed by atoms with E-state index in [9.17, 15) is 4.79 Å². The van der Waals surface area contributed by atoms with Crippen molar-refractivity contribution in [1.82, 2.24) is 0 Å². The third kappa shape index (κ3) is 0.875. The number of aliphatic hydroxyl groups excluding tert-OH is 2. The molecule has 0 saturated heterocycles. The van der Waals surface area contributed by atoms with E-state index in [0.29, 0.717) is 6.42 Å². The summed E-state index contributed by atoms with van der Waals surface area (Å²) in [6.07, 6.45) is 0.954. The lowest BCUT2D eigenvalue weighted by Gasteiger charge is -2.02. The first-order chi connectivity index (χ1) is 4.66. The normalized spacial score (nSPS) is 26.1. The molecule has 1 rings (SSSR count). The highest BCUT2D eigenvalue weighted by molar-refractivity contribution is 5.96. The first-order valence-corrected chi connectivity index (χ1v) is 3.32. The molecule has 0 fully saturated rings. The van der Waals surface area contributed by atoms with Gasteiger partial charge in [-0.2, -0.15) is 0 Å². The standard InChI is InChI=1S/C7H10O3/c1-2-4-3-5(8)7(10)6(4)9/h4,9-10H,2-3H2,1H3. The summed E-state index contributed by atoms with van der Waals surface area (Å²) in [5.41, 5.74) is 0. The molecule has 0 spiro atoms. The van der Waals surface area contributed by atoms with Crippen LogP contribution in [0.15, 0.2) is 11.5 Å². The summed E-state index contributed by atoms with van der Waals surface area (Å²) in [6.45, 7) is 1.87. The van der Waals surface area contributed by atoms with Crippen LogP contribution in [0.4, 0.5) is 0 Å². The van der Waals surface area contributed by atoms with Crippen molar-refractivity contribution in [1.29, 1.82) is 0 Å². The minimum absolute atomic E-state index is 0.132. The summed E-state index contributed by atoms with van der Waals surface area (Å²) in [5.74, 6) is -1.06. The van der Waals surface area contributed by atoms with E-state index in [1.165, 1.54) is 0 Å². The number of aliphatic hydroxyl groups is 2. The van der Waals surface area contributed by atoms with E-state index >= 15 is 0 Å². The maximum Gasteiger partial charge on any atom is 0.201 e. The van der Waals surface area contributed by atoms with Crippen molar-refractivity contribution in [3.63, 3.8) is 0 Å². The first-order valence-electron chi connectivity index (χ1n) is 3.32. The summed E-state index contributed by atoms with van der Waals surface area (Å²) in [4.78, 5) is 10.7. The molecule has 0 aromatic carbocycles. The third-order valence-corrected chi connectivity index (χ3v) is 1.82. The molecular formula is C7H10O3. The molecule has 3 heteroatoms. The summed E-state index contributed by atoms with van der Waals surface area (Å²) in [6, 6.07) is 0. The molecule has 0 aromatic heterocycles. The molecule has 2 N–H and O–H groups in total. The summed E-state index contributed by atoms with van der Waals surface area (Å²) in [5, 5.41) is 17.9. The second kappa shape index (κ2) is 2.33. The van der Waals surface area contributed by atoms with Crippen LogP contribution < -0.4 is 0 Å². The fourth-order valence-electron chi connectivity index (χ4n) is 1.09. The maximum absolute atomic E-state index is 10.7. The van der Waals surface area contributed by atoms with Crippen LogP contribution in [0, 0.1) is 5.92 Å². The molecule has 1 unspecified atom stereocenters. The fourth-order valence-corrected chi connectivity index (χ4v) is 1.09. The van der Waals surface area contributed by atoms with E-state index in [4.69, 9.17) is 10.2 Å². The first kappa shape index (κ1) is 7.12. The molecule has 1 aliphatic carbocycles. The predicted molar refractivity (Wildman–Crippen MR) is 35.7 cm³/mol. The maximum atomic E-state index is 10.7. The Balaban J connectivity index is 2.83. The summed E-state index contributed by atoms with van der Waals surface area (Å²) in [7, 11) is 0. The summed E-state index contributed by atoms with van der Waals surface area (Å²) < 4.78 is 0. The number of rotatable bonds is 1. The molecule has 0 aromatic rings. The highest BCUT2D eigenvalue weighted by atomic mass is 16.3. The van der Waals surface area contributed by atoms with Gasteiger partial charge in [-0.1, -0.05) is 6.92 Å². The van der Waals surface area contributed by atoms with Gasteiger partial charge in [0, 0.05) is 12.3 Å². The van der Waals surface area contributed by atoms with Crippen LogP contribution in [-0.4, -0.2) is 16.0 Å². The van der Waals surface area contributed by atoms with Crippen molar-refractivity contribution in [2.45, 2.75) is 19.8 Å². The minimum Gasteiger partial charge on any atom is -0.508 e. The zero-order valence-electron chi connectivity index (χ0n) is 5.79. The Morgan fingerprint density at radius 2 is 2.20 bits per heavy atom. The lowest BCUT2D eigenvalue weighted by atomic mass is 10.1. The smallest absolute Gasteiger partial charge is 0.201 e.